The summed E-state index contributed by atoms with van der Waals surface area (Å²) in [5, 5.41) is 6.03. The molecule has 2 N–H and O–H groups in total. The summed E-state index contributed by atoms with van der Waals surface area (Å²) in [5.74, 6) is -0.406. The van der Waals surface area contributed by atoms with E-state index in [1.54, 1.807) is 23.1 Å². The van der Waals surface area contributed by atoms with Crippen molar-refractivity contribution in [2.45, 2.75) is 32.2 Å². The second-order valence-corrected chi connectivity index (χ2v) is 5.15. The summed E-state index contributed by atoms with van der Waals surface area (Å²) >= 11 is 0. The summed E-state index contributed by atoms with van der Waals surface area (Å²) < 4.78 is 13.6. The molecule has 0 aromatic heterocycles. The van der Waals surface area contributed by atoms with Crippen LogP contribution in [0.1, 0.15) is 26.2 Å². The van der Waals surface area contributed by atoms with Crippen molar-refractivity contribution in [2.75, 3.05) is 25.0 Å². The Bertz CT molecular complexity index is 446. The van der Waals surface area contributed by atoms with Gasteiger partial charge >= 0.3 is 6.03 Å². The van der Waals surface area contributed by atoms with Gasteiger partial charge in [0.05, 0.1) is 5.69 Å². The van der Waals surface area contributed by atoms with Crippen molar-refractivity contribution in [2.24, 2.45) is 0 Å². The van der Waals surface area contributed by atoms with Crippen LogP contribution in [0, 0.1) is 5.82 Å². The maximum absolute atomic E-state index is 13.6. The van der Waals surface area contributed by atoms with E-state index in [1.807, 2.05) is 6.92 Å². The number of para-hydroxylation sites is 1. The van der Waals surface area contributed by atoms with Crippen LogP contribution in [0.5, 0.6) is 0 Å². The molecule has 5 heteroatoms. The molecule has 1 fully saturated rings. The van der Waals surface area contributed by atoms with Crippen LogP contribution < -0.4 is 10.6 Å². The lowest BCUT2D eigenvalue weighted by Crippen LogP contribution is -2.43. The van der Waals surface area contributed by atoms with E-state index in [-0.39, 0.29) is 11.7 Å². The molecule has 1 heterocycles. The number of rotatable bonds is 5. The van der Waals surface area contributed by atoms with Gasteiger partial charge in [0.25, 0.3) is 0 Å². The highest BCUT2D eigenvalue weighted by atomic mass is 19.1. The molecule has 0 bridgehead atoms. The van der Waals surface area contributed by atoms with Crippen molar-refractivity contribution < 1.29 is 9.18 Å². The molecule has 0 saturated carbocycles. The number of carbonyl (C=O) groups excluding carboxylic acids is 1. The molecule has 1 aliphatic rings. The monoisotopic (exact) mass is 279 g/mol. The predicted octanol–water partition coefficient (Wildman–Crippen LogP) is 2.82. The van der Waals surface area contributed by atoms with Gasteiger partial charge in [-0.3, -0.25) is 0 Å². The van der Waals surface area contributed by atoms with Crippen LogP contribution in [0.15, 0.2) is 24.3 Å². The van der Waals surface area contributed by atoms with E-state index in [4.69, 9.17) is 0 Å². The highest BCUT2D eigenvalue weighted by molar-refractivity contribution is 5.89. The normalized spacial score (nSPS) is 18.0. The van der Waals surface area contributed by atoms with Crippen molar-refractivity contribution >= 4 is 11.7 Å². The molecule has 0 aliphatic carbocycles. The number of hydrogen-bond acceptors (Lipinski definition) is 2. The fourth-order valence-electron chi connectivity index (χ4n) is 2.48. The Balaban J connectivity index is 1.97. The summed E-state index contributed by atoms with van der Waals surface area (Å²) in [4.78, 5) is 14.0. The lowest BCUT2D eigenvalue weighted by Gasteiger charge is -2.25. The third-order valence-corrected chi connectivity index (χ3v) is 3.50. The Hall–Kier alpha value is -1.62. The molecule has 0 radical (unpaired) electrons. The Morgan fingerprint density at radius 3 is 2.95 bits per heavy atom. The largest absolute Gasteiger partial charge is 0.323 e. The average molecular weight is 279 g/mol. The molecule has 1 unspecified atom stereocenters. The van der Waals surface area contributed by atoms with Crippen LogP contribution in [0.25, 0.3) is 0 Å². The van der Waals surface area contributed by atoms with E-state index < -0.39 is 5.82 Å². The smallest absolute Gasteiger partial charge is 0.321 e. The number of carbonyl (C=O) groups is 1. The number of halogens is 1. The number of urea groups is 1. The molecule has 0 spiro atoms. The first-order chi connectivity index (χ1) is 9.70. The summed E-state index contributed by atoms with van der Waals surface area (Å²) in [7, 11) is 0. The van der Waals surface area contributed by atoms with Gasteiger partial charge in [-0.05, 0) is 37.9 Å². The first-order valence-electron chi connectivity index (χ1n) is 7.24. The van der Waals surface area contributed by atoms with Gasteiger partial charge in [0, 0.05) is 19.1 Å². The molecule has 1 atom stereocenters. The van der Waals surface area contributed by atoms with Gasteiger partial charge < -0.3 is 15.5 Å². The van der Waals surface area contributed by atoms with E-state index in [0.29, 0.717) is 19.1 Å². The topological polar surface area (TPSA) is 44.4 Å². The van der Waals surface area contributed by atoms with Crippen LogP contribution in [-0.4, -0.2) is 36.6 Å². The third-order valence-electron chi connectivity index (χ3n) is 3.50. The molecule has 1 aromatic carbocycles. The standard InChI is InChI=1S/C15H22FN3O/c1-2-10-19(11-12-6-5-9-17-12)15(20)18-14-8-4-3-7-13(14)16/h3-4,7-8,12,17H,2,5-6,9-11H2,1H3,(H,18,20). The fraction of sp³-hybridized carbons (Fsp3) is 0.533. The molecule has 4 nitrogen and oxygen atoms in total. The lowest BCUT2D eigenvalue weighted by molar-refractivity contribution is 0.206. The van der Waals surface area contributed by atoms with Crippen molar-refractivity contribution in [3.8, 4) is 0 Å². The van der Waals surface area contributed by atoms with E-state index in [2.05, 4.69) is 10.6 Å². The molecular formula is C15H22FN3O. The zero-order valence-electron chi connectivity index (χ0n) is 11.9. The molecule has 2 rings (SSSR count). The Morgan fingerprint density at radius 1 is 1.50 bits per heavy atom. The number of anilines is 1. The lowest BCUT2D eigenvalue weighted by atomic mass is 10.2. The van der Waals surface area contributed by atoms with Crippen LogP contribution in [0.2, 0.25) is 0 Å². The second kappa shape index (κ2) is 7.24. The SMILES string of the molecule is CCCN(CC1CCCN1)C(=O)Nc1ccccc1F. The van der Waals surface area contributed by atoms with Gasteiger partial charge in [0.1, 0.15) is 5.82 Å². The summed E-state index contributed by atoms with van der Waals surface area (Å²) in [6.45, 7) is 4.40. The van der Waals surface area contributed by atoms with E-state index >= 15 is 0 Å². The minimum atomic E-state index is -0.406. The number of amides is 2. The molecule has 1 aliphatic heterocycles. The average Bonchev–Trinajstić information content (AvgIpc) is 2.94. The van der Waals surface area contributed by atoms with Gasteiger partial charge in [0.15, 0.2) is 0 Å². The molecule has 1 aromatic rings. The van der Waals surface area contributed by atoms with Crippen LogP contribution in [-0.2, 0) is 0 Å². The van der Waals surface area contributed by atoms with Crippen molar-refractivity contribution in [1.82, 2.24) is 10.2 Å². The van der Waals surface area contributed by atoms with Gasteiger partial charge in [0.2, 0.25) is 0 Å². The first-order valence-corrected chi connectivity index (χ1v) is 7.24. The van der Waals surface area contributed by atoms with Gasteiger partial charge in [-0.15, -0.1) is 0 Å². The number of hydrogen-bond donors (Lipinski definition) is 2. The van der Waals surface area contributed by atoms with Crippen LogP contribution >= 0.6 is 0 Å². The fourth-order valence-corrected chi connectivity index (χ4v) is 2.48. The summed E-state index contributed by atoms with van der Waals surface area (Å²) in [6, 6.07) is 6.36. The van der Waals surface area contributed by atoms with Gasteiger partial charge in [-0.25, -0.2) is 9.18 Å². The third kappa shape index (κ3) is 3.93. The Kier molecular flexibility index (Phi) is 5.35. The summed E-state index contributed by atoms with van der Waals surface area (Å²) in [6.07, 6.45) is 3.13. The Morgan fingerprint density at radius 2 is 2.30 bits per heavy atom. The zero-order chi connectivity index (χ0) is 14.4. The Labute approximate surface area is 119 Å². The highest BCUT2D eigenvalue weighted by Gasteiger charge is 2.21. The van der Waals surface area contributed by atoms with E-state index in [9.17, 15) is 9.18 Å². The highest BCUT2D eigenvalue weighted by Crippen LogP contribution is 2.14. The molecule has 2 amide bonds. The predicted molar refractivity (Wildman–Crippen MR) is 78.3 cm³/mol. The maximum atomic E-state index is 13.6. The van der Waals surface area contributed by atoms with Crippen LogP contribution in [0.3, 0.4) is 0 Å². The molecule has 1 saturated heterocycles. The molecule has 20 heavy (non-hydrogen) atoms. The van der Waals surface area contributed by atoms with Crippen molar-refractivity contribution in [3.63, 3.8) is 0 Å². The number of nitrogens with zero attached hydrogens (tertiary/aromatic N) is 1. The second-order valence-electron chi connectivity index (χ2n) is 5.15. The zero-order valence-corrected chi connectivity index (χ0v) is 11.9. The minimum absolute atomic E-state index is 0.231. The quantitative estimate of drug-likeness (QED) is 0.870. The van der Waals surface area contributed by atoms with Gasteiger partial charge in [-0.2, -0.15) is 0 Å². The number of benzene rings is 1. The maximum Gasteiger partial charge on any atom is 0.321 e. The molecule has 110 valence electrons. The minimum Gasteiger partial charge on any atom is -0.323 e. The van der Waals surface area contributed by atoms with E-state index in [1.165, 1.54) is 6.07 Å². The first kappa shape index (κ1) is 14.8. The molecular weight excluding hydrogens is 257 g/mol. The van der Waals surface area contributed by atoms with Gasteiger partial charge in [-0.1, -0.05) is 19.1 Å². The number of nitrogens with one attached hydrogen (secondary N) is 2. The summed E-state index contributed by atoms with van der Waals surface area (Å²) in [5.41, 5.74) is 0.234. The van der Waals surface area contributed by atoms with Crippen molar-refractivity contribution in [1.29, 1.82) is 0 Å². The van der Waals surface area contributed by atoms with E-state index in [0.717, 1.165) is 25.8 Å². The van der Waals surface area contributed by atoms with Crippen LogP contribution in [0.4, 0.5) is 14.9 Å². The van der Waals surface area contributed by atoms with Crippen molar-refractivity contribution in [3.05, 3.63) is 30.1 Å².